The molecule has 0 saturated heterocycles. The third kappa shape index (κ3) is 4.01. The van der Waals surface area contributed by atoms with E-state index in [9.17, 15) is 0 Å². The lowest BCUT2D eigenvalue weighted by atomic mass is 10.1. The molecule has 4 nitrogen and oxygen atoms in total. The van der Waals surface area contributed by atoms with Crippen molar-refractivity contribution in [3.8, 4) is 0 Å². The Kier molecular flexibility index (Phi) is 5.36. The van der Waals surface area contributed by atoms with Crippen LogP contribution < -0.4 is 5.73 Å². The fraction of sp³-hybridized carbons (Fsp3) is 0.727. The molecule has 0 fully saturated rings. The summed E-state index contributed by atoms with van der Waals surface area (Å²) in [6.45, 7) is 3.85. The van der Waals surface area contributed by atoms with Crippen LogP contribution in [0, 0.1) is 0 Å². The number of rotatable bonds is 7. The van der Waals surface area contributed by atoms with Crippen molar-refractivity contribution in [3.63, 3.8) is 0 Å². The number of unbranched alkanes of at least 4 members (excludes halogenated alkanes) is 1. The van der Waals surface area contributed by atoms with Gasteiger partial charge in [-0.3, -0.25) is 4.68 Å². The van der Waals surface area contributed by atoms with Crippen molar-refractivity contribution >= 4 is 0 Å². The largest absolute Gasteiger partial charge is 0.385 e. The first-order valence-corrected chi connectivity index (χ1v) is 5.54. The Morgan fingerprint density at radius 2 is 2.33 bits per heavy atom. The van der Waals surface area contributed by atoms with Crippen LogP contribution >= 0.6 is 0 Å². The van der Waals surface area contributed by atoms with Crippen molar-refractivity contribution in [1.29, 1.82) is 0 Å². The van der Waals surface area contributed by atoms with Crippen LogP contribution in [0.2, 0.25) is 0 Å². The normalized spacial score (nSPS) is 13.0. The molecule has 1 atom stereocenters. The van der Waals surface area contributed by atoms with Gasteiger partial charge in [0.1, 0.15) is 0 Å². The third-order valence-corrected chi connectivity index (χ3v) is 2.51. The molecule has 0 aliphatic carbocycles. The van der Waals surface area contributed by atoms with E-state index in [1.807, 2.05) is 17.1 Å². The molecule has 0 spiro atoms. The molecule has 1 aromatic rings. The predicted molar refractivity (Wildman–Crippen MR) is 60.6 cm³/mol. The Morgan fingerprint density at radius 3 is 3.00 bits per heavy atom. The lowest BCUT2D eigenvalue weighted by Gasteiger charge is -2.04. The van der Waals surface area contributed by atoms with Crippen LogP contribution in [0.3, 0.4) is 0 Å². The molecular formula is C11H21N3O. The molecule has 1 heterocycles. The van der Waals surface area contributed by atoms with Crippen LogP contribution in [0.15, 0.2) is 12.4 Å². The van der Waals surface area contributed by atoms with Crippen molar-refractivity contribution < 1.29 is 4.74 Å². The summed E-state index contributed by atoms with van der Waals surface area (Å²) in [4.78, 5) is 0. The second-order valence-electron chi connectivity index (χ2n) is 3.75. The highest BCUT2D eigenvalue weighted by atomic mass is 16.5. The lowest BCUT2D eigenvalue weighted by molar-refractivity contribution is 0.191. The average molecular weight is 211 g/mol. The van der Waals surface area contributed by atoms with E-state index in [1.165, 1.54) is 0 Å². The third-order valence-electron chi connectivity index (χ3n) is 2.51. The molecule has 0 bridgehead atoms. The molecular weight excluding hydrogens is 190 g/mol. The summed E-state index contributed by atoms with van der Waals surface area (Å²) in [5.74, 6) is 0. The van der Waals surface area contributed by atoms with Gasteiger partial charge in [0.05, 0.1) is 6.20 Å². The van der Waals surface area contributed by atoms with E-state index in [0.29, 0.717) is 0 Å². The highest BCUT2D eigenvalue weighted by Gasteiger charge is 2.05. The number of aryl methyl sites for hydroxylation is 1. The first-order chi connectivity index (χ1) is 7.27. The van der Waals surface area contributed by atoms with Gasteiger partial charge in [-0.05, 0) is 19.3 Å². The maximum absolute atomic E-state index is 5.91. The summed E-state index contributed by atoms with van der Waals surface area (Å²) >= 11 is 0. The molecule has 0 amide bonds. The zero-order valence-corrected chi connectivity index (χ0v) is 9.65. The maximum Gasteiger partial charge on any atom is 0.0537 e. The fourth-order valence-electron chi connectivity index (χ4n) is 1.45. The molecule has 4 heteroatoms. The quantitative estimate of drug-likeness (QED) is 0.699. The van der Waals surface area contributed by atoms with Gasteiger partial charge in [0.2, 0.25) is 0 Å². The number of aromatic nitrogens is 2. The second-order valence-corrected chi connectivity index (χ2v) is 3.75. The summed E-state index contributed by atoms with van der Waals surface area (Å²) in [5.41, 5.74) is 7.04. The number of ether oxygens (including phenoxy) is 1. The Labute approximate surface area is 91.4 Å². The minimum atomic E-state index is 0.123. The van der Waals surface area contributed by atoms with Crippen LogP contribution in [0.25, 0.3) is 0 Å². The molecule has 1 unspecified atom stereocenters. The summed E-state index contributed by atoms with van der Waals surface area (Å²) in [7, 11) is 1.73. The molecule has 0 aliphatic heterocycles. The fourth-order valence-corrected chi connectivity index (χ4v) is 1.45. The molecule has 15 heavy (non-hydrogen) atoms. The Balaban J connectivity index is 2.33. The summed E-state index contributed by atoms with van der Waals surface area (Å²) in [6.07, 6.45) is 7.03. The van der Waals surface area contributed by atoms with Gasteiger partial charge in [-0.2, -0.15) is 5.10 Å². The molecule has 1 aromatic heterocycles. The van der Waals surface area contributed by atoms with Crippen LogP contribution in [0.1, 0.15) is 37.8 Å². The van der Waals surface area contributed by atoms with E-state index >= 15 is 0 Å². The zero-order chi connectivity index (χ0) is 11.1. The monoisotopic (exact) mass is 211 g/mol. The van der Waals surface area contributed by atoms with E-state index in [2.05, 4.69) is 12.0 Å². The Bertz CT molecular complexity index is 273. The predicted octanol–water partition coefficient (Wildman–Crippen LogP) is 1.72. The van der Waals surface area contributed by atoms with Gasteiger partial charge in [-0.15, -0.1) is 0 Å². The smallest absolute Gasteiger partial charge is 0.0537 e. The Hall–Kier alpha value is -0.870. The highest BCUT2D eigenvalue weighted by molar-refractivity contribution is 5.08. The topological polar surface area (TPSA) is 53.1 Å². The maximum atomic E-state index is 5.91. The van der Waals surface area contributed by atoms with Crippen LogP contribution in [-0.4, -0.2) is 23.5 Å². The average Bonchev–Trinajstić information content (AvgIpc) is 2.72. The highest BCUT2D eigenvalue weighted by Crippen LogP contribution is 2.12. The number of methoxy groups -OCH3 is 1. The summed E-state index contributed by atoms with van der Waals surface area (Å²) in [6, 6.07) is 0.123. The first kappa shape index (κ1) is 12.2. The van der Waals surface area contributed by atoms with Crippen LogP contribution in [-0.2, 0) is 11.3 Å². The Morgan fingerprint density at radius 1 is 1.53 bits per heavy atom. The SMILES string of the molecule is CCC(N)c1cnn(CCCCOC)c1. The van der Waals surface area contributed by atoms with Crippen molar-refractivity contribution in [2.45, 2.75) is 38.8 Å². The van der Waals surface area contributed by atoms with E-state index < -0.39 is 0 Å². The summed E-state index contributed by atoms with van der Waals surface area (Å²) in [5, 5.41) is 4.28. The standard InChI is InChI=1S/C11H21N3O/c1-3-11(12)10-8-13-14(9-10)6-4-5-7-15-2/h8-9,11H,3-7,12H2,1-2H3. The molecule has 2 N–H and O–H groups in total. The van der Waals surface area contributed by atoms with E-state index in [-0.39, 0.29) is 6.04 Å². The molecule has 0 saturated carbocycles. The van der Waals surface area contributed by atoms with E-state index in [1.54, 1.807) is 7.11 Å². The second kappa shape index (κ2) is 6.58. The first-order valence-electron chi connectivity index (χ1n) is 5.54. The van der Waals surface area contributed by atoms with E-state index in [0.717, 1.165) is 38.0 Å². The zero-order valence-electron chi connectivity index (χ0n) is 9.65. The van der Waals surface area contributed by atoms with Crippen molar-refractivity contribution in [3.05, 3.63) is 18.0 Å². The van der Waals surface area contributed by atoms with Gasteiger partial charge < -0.3 is 10.5 Å². The van der Waals surface area contributed by atoms with Gasteiger partial charge in [-0.1, -0.05) is 6.92 Å². The van der Waals surface area contributed by atoms with Crippen LogP contribution in [0.4, 0.5) is 0 Å². The van der Waals surface area contributed by atoms with Gasteiger partial charge in [0, 0.05) is 38.1 Å². The minimum absolute atomic E-state index is 0.123. The van der Waals surface area contributed by atoms with Crippen LogP contribution in [0.5, 0.6) is 0 Å². The number of hydrogen-bond donors (Lipinski definition) is 1. The van der Waals surface area contributed by atoms with Gasteiger partial charge in [0.15, 0.2) is 0 Å². The number of nitrogens with zero attached hydrogens (tertiary/aromatic N) is 2. The molecule has 0 aromatic carbocycles. The minimum Gasteiger partial charge on any atom is -0.385 e. The molecule has 1 rings (SSSR count). The van der Waals surface area contributed by atoms with Crippen molar-refractivity contribution in [2.24, 2.45) is 5.73 Å². The van der Waals surface area contributed by atoms with E-state index in [4.69, 9.17) is 10.5 Å². The lowest BCUT2D eigenvalue weighted by Crippen LogP contribution is -2.07. The van der Waals surface area contributed by atoms with Gasteiger partial charge >= 0.3 is 0 Å². The van der Waals surface area contributed by atoms with Crippen molar-refractivity contribution in [1.82, 2.24) is 9.78 Å². The number of hydrogen-bond acceptors (Lipinski definition) is 3. The number of nitrogens with two attached hydrogens (primary N) is 1. The van der Waals surface area contributed by atoms with Crippen molar-refractivity contribution in [2.75, 3.05) is 13.7 Å². The van der Waals surface area contributed by atoms with Gasteiger partial charge in [-0.25, -0.2) is 0 Å². The molecule has 0 aliphatic rings. The summed E-state index contributed by atoms with van der Waals surface area (Å²) < 4.78 is 6.95. The molecule has 0 radical (unpaired) electrons. The molecule has 86 valence electrons. The van der Waals surface area contributed by atoms with Gasteiger partial charge in [0.25, 0.3) is 0 Å².